The molecule has 0 radical (unpaired) electrons. The van der Waals surface area contributed by atoms with E-state index in [0.717, 1.165) is 16.7 Å². The zero-order chi connectivity index (χ0) is 20.5. The van der Waals surface area contributed by atoms with Crippen molar-refractivity contribution in [1.82, 2.24) is 4.90 Å². The van der Waals surface area contributed by atoms with Crippen LogP contribution in [0.25, 0.3) is 0 Å². The van der Waals surface area contributed by atoms with E-state index in [9.17, 15) is 9.90 Å². The minimum Gasteiger partial charge on any atom is -0.375 e. The molecule has 1 unspecified atom stereocenters. The Morgan fingerprint density at radius 3 is 1.62 bits per heavy atom. The van der Waals surface area contributed by atoms with Crippen LogP contribution in [0.2, 0.25) is 0 Å². The van der Waals surface area contributed by atoms with Gasteiger partial charge >= 0.3 is 0 Å². The van der Waals surface area contributed by atoms with Gasteiger partial charge in [0, 0.05) is 13.1 Å². The van der Waals surface area contributed by atoms with Gasteiger partial charge in [0.1, 0.15) is 0 Å². The second-order valence-electron chi connectivity index (χ2n) is 7.07. The van der Waals surface area contributed by atoms with Crippen LogP contribution in [0, 0.1) is 0 Å². The Balaban J connectivity index is 1.93. The van der Waals surface area contributed by atoms with E-state index in [1.54, 1.807) is 6.26 Å². The van der Waals surface area contributed by atoms with E-state index >= 15 is 0 Å². The third kappa shape index (κ3) is 6.29. The molecule has 0 fully saturated rings. The number of Topliss-reactive ketones (excluding diaryl/α,β-unsaturated/α-hetero) is 1. The summed E-state index contributed by atoms with van der Waals surface area (Å²) in [5, 5.41) is 10.3. The molecule has 0 saturated carbocycles. The molecule has 0 bridgehead atoms. The first-order valence-electron chi connectivity index (χ1n) is 9.78. The number of carbonyl (C=O) groups is 1. The zero-order valence-corrected chi connectivity index (χ0v) is 17.5. The van der Waals surface area contributed by atoms with E-state index in [-0.39, 0.29) is 5.78 Å². The Labute approximate surface area is 177 Å². The summed E-state index contributed by atoms with van der Waals surface area (Å²) < 4.78 is 0. The zero-order valence-electron chi connectivity index (χ0n) is 16.6. The lowest BCUT2D eigenvalue weighted by atomic mass is 9.99. The van der Waals surface area contributed by atoms with Gasteiger partial charge in [-0.3, -0.25) is 9.69 Å². The van der Waals surface area contributed by atoms with Gasteiger partial charge in [-0.2, -0.15) is 0 Å². The topological polar surface area (TPSA) is 40.5 Å². The highest BCUT2D eigenvalue weighted by Gasteiger charge is 2.30. The van der Waals surface area contributed by atoms with Crippen LogP contribution in [-0.2, 0) is 24.3 Å². The van der Waals surface area contributed by atoms with Gasteiger partial charge in [-0.25, -0.2) is 0 Å². The second kappa shape index (κ2) is 11.0. The van der Waals surface area contributed by atoms with Crippen molar-refractivity contribution in [3.8, 4) is 0 Å². The van der Waals surface area contributed by atoms with Crippen LogP contribution in [-0.4, -0.2) is 33.5 Å². The largest absolute Gasteiger partial charge is 0.375 e. The second-order valence-corrected chi connectivity index (χ2v) is 7.99. The van der Waals surface area contributed by atoms with Gasteiger partial charge in [0.25, 0.3) is 0 Å². The minimum absolute atomic E-state index is 0.145. The van der Waals surface area contributed by atoms with Crippen LogP contribution in [0.1, 0.15) is 16.7 Å². The van der Waals surface area contributed by atoms with Gasteiger partial charge in [-0.15, -0.1) is 11.8 Å². The quantitative estimate of drug-likeness (QED) is 0.503. The Hall–Kier alpha value is -2.40. The summed E-state index contributed by atoms with van der Waals surface area (Å²) in [5.74, 6) is -0.145. The maximum atomic E-state index is 13.2. The standard InChI is InChI=1S/C25H27NO2S/c1-29-25(28)24(27)23(17-20-11-5-2-6-12-20)26(18-21-13-7-3-8-14-21)19-22-15-9-4-10-16-22/h2-16,23,25,28H,17-19H2,1H3/t23-,25?/m0/s1. The molecule has 29 heavy (non-hydrogen) atoms. The molecule has 0 aliphatic rings. The van der Waals surface area contributed by atoms with Crippen LogP contribution >= 0.6 is 11.8 Å². The monoisotopic (exact) mass is 405 g/mol. The molecule has 0 aromatic heterocycles. The molecule has 1 N–H and O–H groups in total. The lowest BCUT2D eigenvalue weighted by Crippen LogP contribution is -2.45. The summed E-state index contributed by atoms with van der Waals surface area (Å²) >= 11 is 1.18. The van der Waals surface area contributed by atoms with E-state index in [0.29, 0.717) is 19.5 Å². The van der Waals surface area contributed by atoms with Gasteiger partial charge in [0.15, 0.2) is 11.2 Å². The Morgan fingerprint density at radius 2 is 1.21 bits per heavy atom. The predicted octanol–water partition coefficient (Wildman–Crippen LogP) is 4.55. The summed E-state index contributed by atoms with van der Waals surface area (Å²) in [6.07, 6.45) is 2.33. The van der Waals surface area contributed by atoms with E-state index in [1.807, 2.05) is 66.7 Å². The van der Waals surface area contributed by atoms with Crippen molar-refractivity contribution in [2.75, 3.05) is 6.26 Å². The molecule has 3 aromatic rings. The fourth-order valence-corrected chi connectivity index (χ4v) is 3.83. The number of carbonyl (C=O) groups excluding carboxylic acids is 1. The number of aliphatic hydroxyl groups excluding tert-OH is 1. The van der Waals surface area contributed by atoms with Crippen molar-refractivity contribution in [3.63, 3.8) is 0 Å². The maximum Gasteiger partial charge on any atom is 0.188 e. The first-order valence-corrected chi connectivity index (χ1v) is 11.1. The molecular weight excluding hydrogens is 378 g/mol. The molecule has 0 aliphatic heterocycles. The molecule has 4 heteroatoms. The lowest BCUT2D eigenvalue weighted by Gasteiger charge is -2.32. The van der Waals surface area contributed by atoms with Gasteiger partial charge in [0.2, 0.25) is 0 Å². The van der Waals surface area contributed by atoms with Crippen molar-refractivity contribution in [2.45, 2.75) is 31.0 Å². The maximum absolute atomic E-state index is 13.2. The number of ketones is 1. The fourth-order valence-electron chi connectivity index (χ4n) is 3.44. The van der Waals surface area contributed by atoms with Gasteiger partial charge in [0.05, 0.1) is 6.04 Å². The molecular formula is C25H27NO2S. The molecule has 0 spiro atoms. The SMILES string of the molecule is CSC(O)C(=O)[C@H](Cc1ccccc1)N(Cc1ccccc1)Cc1ccccc1. The van der Waals surface area contributed by atoms with Crippen LogP contribution in [0.5, 0.6) is 0 Å². The summed E-state index contributed by atoms with van der Waals surface area (Å²) in [6, 6.07) is 30.0. The van der Waals surface area contributed by atoms with Crippen LogP contribution < -0.4 is 0 Å². The van der Waals surface area contributed by atoms with Crippen molar-refractivity contribution in [2.24, 2.45) is 0 Å². The number of hydrogen-bond acceptors (Lipinski definition) is 4. The summed E-state index contributed by atoms with van der Waals surface area (Å²) in [7, 11) is 0. The predicted molar refractivity (Wildman–Crippen MR) is 121 cm³/mol. The lowest BCUT2D eigenvalue weighted by molar-refractivity contribution is -0.129. The van der Waals surface area contributed by atoms with Crippen molar-refractivity contribution in [3.05, 3.63) is 108 Å². The molecule has 0 amide bonds. The van der Waals surface area contributed by atoms with Crippen LogP contribution in [0.15, 0.2) is 91.0 Å². The number of nitrogens with zero attached hydrogens (tertiary/aromatic N) is 1. The number of benzene rings is 3. The highest BCUT2D eigenvalue weighted by molar-refractivity contribution is 7.99. The average molecular weight is 406 g/mol. The normalized spacial score (nSPS) is 13.2. The average Bonchev–Trinajstić information content (AvgIpc) is 2.78. The molecule has 3 nitrogen and oxygen atoms in total. The molecule has 150 valence electrons. The first kappa shape index (κ1) is 21.3. The highest BCUT2D eigenvalue weighted by atomic mass is 32.2. The summed E-state index contributed by atoms with van der Waals surface area (Å²) in [4.78, 5) is 15.4. The Kier molecular flexibility index (Phi) is 8.05. The summed E-state index contributed by atoms with van der Waals surface area (Å²) in [6.45, 7) is 1.28. The smallest absolute Gasteiger partial charge is 0.188 e. The molecule has 0 saturated heterocycles. The number of aliphatic hydroxyl groups is 1. The van der Waals surface area contributed by atoms with E-state index in [1.165, 1.54) is 11.8 Å². The third-order valence-electron chi connectivity index (χ3n) is 4.96. The fraction of sp³-hybridized carbons (Fsp3) is 0.240. The molecule has 2 atom stereocenters. The van der Waals surface area contributed by atoms with Gasteiger partial charge in [-0.05, 0) is 29.4 Å². The number of thioether (sulfide) groups is 1. The Morgan fingerprint density at radius 1 is 0.793 bits per heavy atom. The minimum atomic E-state index is -1.03. The molecule has 0 heterocycles. The molecule has 3 aromatic carbocycles. The third-order valence-corrected chi connectivity index (χ3v) is 5.64. The van der Waals surface area contributed by atoms with E-state index in [4.69, 9.17) is 0 Å². The van der Waals surface area contributed by atoms with E-state index < -0.39 is 11.5 Å². The van der Waals surface area contributed by atoms with Crippen LogP contribution in [0.4, 0.5) is 0 Å². The molecule has 3 rings (SSSR count). The highest BCUT2D eigenvalue weighted by Crippen LogP contribution is 2.21. The van der Waals surface area contributed by atoms with Crippen LogP contribution in [0.3, 0.4) is 0 Å². The van der Waals surface area contributed by atoms with E-state index in [2.05, 4.69) is 29.2 Å². The van der Waals surface area contributed by atoms with Gasteiger partial charge in [-0.1, -0.05) is 91.0 Å². The van der Waals surface area contributed by atoms with Crippen molar-refractivity contribution in [1.29, 1.82) is 0 Å². The Bertz CT molecular complexity index is 830. The summed E-state index contributed by atoms with van der Waals surface area (Å²) in [5.41, 5.74) is 2.35. The molecule has 0 aliphatic carbocycles. The number of hydrogen-bond donors (Lipinski definition) is 1. The first-order chi connectivity index (χ1) is 14.2. The van der Waals surface area contributed by atoms with Crippen molar-refractivity contribution < 1.29 is 9.90 Å². The number of rotatable bonds is 10. The van der Waals surface area contributed by atoms with Gasteiger partial charge < -0.3 is 5.11 Å². The van der Waals surface area contributed by atoms with Crippen molar-refractivity contribution >= 4 is 17.5 Å².